The van der Waals surface area contributed by atoms with E-state index >= 15 is 0 Å². The second kappa shape index (κ2) is 5.22. The van der Waals surface area contributed by atoms with E-state index in [0.717, 1.165) is 18.4 Å². The first-order chi connectivity index (χ1) is 8.48. The minimum atomic E-state index is 0.237. The lowest BCUT2D eigenvalue weighted by Crippen LogP contribution is -2.29. The van der Waals surface area contributed by atoms with Gasteiger partial charge in [0.1, 0.15) is 11.1 Å². The topological polar surface area (TPSA) is 48.1 Å². The molecule has 3 nitrogen and oxygen atoms in total. The molecule has 1 aliphatic carbocycles. The molecule has 1 aromatic heterocycles. The van der Waals surface area contributed by atoms with E-state index in [2.05, 4.69) is 18.8 Å². The van der Waals surface area contributed by atoms with Gasteiger partial charge in [0.15, 0.2) is 0 Å². The Labute approximate surface area is 114 Å². The maximum absolute atomic E-state index is 5.96. The van der Waals surface area contributed by atoms with Crippen LogP contribution in [0.2, 0.25) is 0 Å². The number of nitrogens with zero attached hydrogens (tertiary/aromatic N) is 1. The van der Waals surface area contributed by atoms with Crippen molar-refractivity contribution in [3.63, 3.8) is 0 Å². The van der Waals surface area contributed by atoms with Crippen molar-refractivity contribution < 1.29 is 4.74 Å². The van der Waals surface area contributed by atoms with E-state index in [1.165, 1.54) is 12.8 Å². The van der Waals surface area contributed by atoms with Crippen LogP contribution in [0.3, 0.4) is 0 Å². The Kier molecular flexibility index (Phi) is 3.85. The molecule has 4 heteroatoms. The average molecular weight is 264 g/mol. The molecule has 1 fully saturated rings. The highest BCUT2D eigenvalue weighted by Crippen LogP contribution is 2.36. The van der Waals surface area contributed by atoms with Gasteiger partial charge in [0.2, 0.25) is 5.88 Å². The lowest BCUT2D eigenvalue weighted by molar-refractivity contribution is 0.0947. The Hall–Kier alpha value is -1.16. The Morgan fingerprint density at radius 2 is 2.11 bits per heavy atom. The van der Waals surface area contributed by atoms with Gasteiger partial charge < -0.3 is 10.5 Å². The van der Waals surface area contributed by atoms with Gasteiger partial charge in [-0.05, 0) is 43.2 Å². The second-order valence-electron chi connectivity index (χ2n) is 5.70. The molecular formula is C14H20N2OS. The monoisotopic (exact) mass is 264 g/mol. The third kappa shape index (κ3) is 3.19. The van der Waals surface area contributed by atoms with Crippen LogP contribution < -0.4 is 10.5 Å². The zero-order valence-electron chi connectivity index (χ0n) is 11.0. The summed E-state index contributed by atoms with van der Waals surface area (Å²) in [7, 11) is 0. The SMILES string of the molecule is CC1(C)CCC(Oc2ncccc2C(N)=S)CC1. The summed E-state index contributed by atoms with van der Waals surface area (Å²) >= 11 is 5.01. The van der Waals surface area contributed by atoms with E-state index < -0.39 is 0 Å². The van der Waals surface area contributed by atoms with Gasteiger partial charge in [-0.1, -0.05) is 26.1 Å². The minimum absolute atomic E-state index is 0.237. The number of thiocarbonyl (C=S) groups is 1. The molecule has 0 unspecified atom stereocenters. The molecular weight excluding hydrogens is 244 g/mol. The fourth-order valence-electron chi connectivity index (χ4n) is 2.32. The summed E-state index contributed by atoms with van der Waals surface area (Å²) in [5.74, 6) is 0.578. The molecule has 18 heavy (non-hydrogen) atoms. The largest absolute Gasteiger partial charge is 0.474 e. The second-order valence-corrected chi connectivity index (χ2v) is 6.14. The molecule has 2 rings (SSSR count). The Morgan fingerprint density at radius 1 is 1.44 bits per heavy atom. The highest BCUT2D eigenvalue weighted by molar-refractivity contribution is 7.80. The molecule has 1 heterocycles. The van der Waals surface area contributed by atoms with Gasteiger partial charge in [-0.3, -0.25) is 0 Å². The Balaban J connectivity index is 2.04. The maximum Gasteiger partial charge on any atom is 0.223 e. The molecule has 0 saturated heterocycles. The van der Waals surface area contributed by atoms with E-state index in [0.29, 0.717) is 16.3 Å². The number of ether oxygens (including phenoxy) is 1. The fraction of sp³-hybridized carbons (Fsp3) is 0.571. The van der Waals surface area contributed by atoms with Crippen LogP contribution in [-0.4, -0.2) is 16.1 Å². The van der Waals surface area contributed by atoms with Crippen LogP contribution in [0.25, 0.3) is 0 Å². The van der Waals surface area contributed by atoms with Gasteiger partial charge in [-0.15, -0.1) is 0 Å². The summed E-state index contributed by atoms with van der Waals surface area (Å²) in [4.78, 5) is 4.58. The van der Waals surface area contributed by atoms with Crippen molar-refractivity contribution in [3.05, 3.63) is 23.9 Å². The fourth-order valence-corrected chi connectivity index (χ4v) is 2.48. The van der Waals surface area contributed by atoms with Gasteiger partial charge >= 0.3 is 0 Å². The standard InChI is InChI=1S/C14H20N2OS/c1-14(2)7-5-10(6-8-14)17-13-11(12(15)18)4-3-9-16-13/h3-4,9-10H,5-8H2,1-2H3,(H2,15,18). The molecule has 0 spiro atoms. The molecule has 0 aliphatic heterocycles. The van der Waals surface area contributed by atoms with Crippen LogP contribution >= 0.6 is 12.2 Å². The van der Waals surface area contributed by atoms with Crippen molar-refractivity contribution in [3.8, 4) is 5.88 Å². The van der Waals surface area contributed by atoms with Crippen molar-refractivity contribution >= 4 is 17.2 Å². The van der Waals surface area contributed by atoms with E-state index in [1.54, 1.807) is 6.20 Å². The smallest absolute Gasteiger partial charge is 0.223 e. The summed E-state index contributed by atoms with van der Waals surface area (Å²) in [6.07, 6.45) is 6.46. The summed E-state index contributed by atoms with van der Waals surface area (Å²) in [6.45, 7) is 4.62. The molecule has 98 valence electrons. The molecule has 0 radical (unpaired) electrons. The molecule has 1 aliphatic rings. The molecule has 0 amide bonds. The van der Waals surface area contributed by atoms with Crippen molar-refractivity contribution in [1.29, 1.82) is 0 Å². The average Bonchev–Trinajstić information content (AvgIpc) is 2.32. The lowest BCUT2D eigenvalue weighted by atomic mass is 9.76. The summed E-state index contributed by atoms with van der Waals surface area (Å²) in [6, 6.07) is 3.68. The molecule has 0 atom stereocenters. The molecule has 2 N–H and O–H groups in total. The first-order valence-electron chi connectivity index (χ1n) is 6.39. The third-order valence-corrected chi connectivity index (χ3v) is 3.82. The number of hydrogen-bond donors (Lipinski definition) is 1. The van der Waals surface area contributed by atoms with Gasteiger partial charge in [-0.2, -0.15) is 0 Å². The highest BCUT2D eigenvalue weighted by Gasteiger charge is 2.28. The first-order valence-corrected chi connectivity index (χ1v) is 6.80. The van der Waals surface area contributed by atoms with Crippen LogP contribution in [0.5, 0.6) is 5.88 Å². The van der Waals surface area contributed by atoms with Crippen molar-refractivity contribution in [2.45, 2.75) is 45.6 Å². The first kappa shape index (κ1) is 13.3. The normalized spacial score (nSPS) is 19.4. The third-order valence-electron chi connectivity index (χ3n) is 3.60. The van der Waals surface area contributed by atoms with Crippen LogP contribution in [-0.2, 0) is 0 Å². The predicted octanol–water partition coefficient (Wildman–Crippen LogP) is 3.06. The lowest BCUT2D eigenvalue weighted by Gasteiger charge is -2.34. The predicted molar refractivity (Wildman–Crippen MR) is 76.8 cm³/mol. The zero-order valence-corrected chi connectivity index (χ0v) is 11.8. The van der Waals surface area contributed by atoms with Crippen molar-refractivity contribution in [1.82, 2.24) is 4.98 Å². The molecule has 1 saturated carbocycles. The van der Waals surface area contributed by atoms with Crippen molar-refractivity contribution in [2.75, 3.05) is 0 Å². The number of rotatable bonds is 3. The summed E-state index contributed by atoms with van der Waals surface area (Å²) in [5, 5.41) is 0. The van der Waals surface area contributed by atoms with E-state index in [1.807, 2.05) is 12.1 Å². The van der Waals surface area contributed by atoms with Gasteiger partial charge in [0.05, 0.1) is 5.56 Å². The van der Waals surface area contributed by atoms with Crippen LogP contribution in [0.15, 0.2) is 18.3 Å². The number of aromatic nitrogens is 1. The molecule has 0 bridgehead atoms. The van der Waals surface area contributed by atoms with Crippen LogP contribution in [0, 0.1) is 5.41 Å². The van der Waals surface area contributed by atoms with Gasteiger partial charge in [-0.25, -0.2) is 4.98 Å². The summed E-state index contributed by atoms with van der Waals surface area (Å²) < 4.78 is 5.96. The minimum Gasteiger partial charge on any atom is -0.474 e. The van der Waals surface area contributed by atoms with Crippen molar-refractivity contribution in [2.24, 2.45) is 11.1 Å². The summed E-state index contributed by atoms with van der Waals surface area (Å²) in [5.41, 5.74) is 6.85. The molecule has 0 aromatic carbocycles. The Bertz CT molecular complexity index is 435. The maximum atomic E-state index is 5.96. The van der Waals surface area contributed by atoms with Gasteiger partial charge in [0, 0.05) is 6.20 Å². The number of hydrogen-bond acceptors (Lipinski definition) is 3. The van der Waals surface area contributed by atoms with Gasteiger partial charge in [0.25, 0.3) is 0 Å². The van der Waals surface area contributed by atoms with E-state index in [9.17, 15) is 0 Å². The highest BCUT2D eigenvalue weighted by atomic mass is 32.1. The van der Waals surface area contributed by atoms with E-state index in [-0.39, 0.29) is 6.10 Å². The number of pyridine rings is 1. The Morgan fingerprint density at radius 3 is 2.72 bits per heavy atom. The zero-order chi connectivity index (χ0) is 13.2. The number of nitrogens with two attached hydrogens (primary N) is 1. The quantitative estimate of drug-likeness (QED) is 0.852. The molecule has 1 aromatic rings. The van der Waals surface area contributed by atoms with E-state index in [4.69, 9.17) is 22.7 Å². The van der Waals surface area contributed by atoms with Crippen LogP contribution in [0.4, 0.5) is 0 Å². The van der Waals surface area contributed by atoms with Crippen LogP contribution in [0.1, 0.15) is 45.1 Å².